The summed E-state index contributed by atoms with van der Waals surface area (Å²) in [5.41, 5.74) is 7.96. The number of rotatable bonds is 6. The lowest BCUT2D eigenvalue weighted by Crippen LogP contribution is -2.09. The number of hydrogen-bond donors (Lipinski definition) is 1. The van der Waals surface area contributed by atoms with Gasteiger partial charge in [0.25, 0.3) is 0 Å². The van der Waals surface area contributed by atoms with E-state index in [1.54, 1.807) is 0 Å². The highest BCUT2D eigenvalue weighted by Crippen LogP contribution is 2.37. The first kappa shape index (κ1) is 23.8. The molecular formula is C38H28N2. The van der Waals surface area contributed by atoms with Crippen molar-refractivity contribution >= 4 is 50.0 Å². The summed E-state index contributed by atoms with van der Waals surface area (Å²) in [5, 5.41) is 8.52. The van der Waals surface area contributed by atoms with Crippen molar-refractivity contribution in [1.82, 2.24) is 0 Å². The molecule has 0 saturated carbocycles. The van der Waals surface area contributed by atoms with Crippen LogP contribution in [0.1, 0.15) is 0 Å². The van der Waals surface area contributed by atoms with Gasteiger partial charge in [-0.3, -0.25) is 0 Å². The molecule has 2 heteroatoms. The average Bonchev–Trinajstić information content (AvgIpc) is 3.03. The van der Waals surface area contributed by atoms with Crippen LogP contribution in [0, 0.1) is 0 Å². The van der Waals surface area contributed by atoms with E-state index in [0.717, 1.165) is 28.4 Å². The summed E-state index contributed by atoms with van der Waals surface area (Å²) in [4.78, 5) is 2.31. The molecule has 2 nitrogen and oxygen atoms in total. The van der Waals surface area contributed by atoms with Gasteiger partial charge in [-0.15, -0.1) is 0 Å². The molecule has 0 heterocycles. The fourth-order valence-corrected chi connectivity index (χ4v) is 5.38. The molecule has 0 saturated heterocycles. The Morgan fingerprint density at radius 3 is 1.73 bits per heavy atom. The maximum atomic E-state index is 3.59. The summed E-state index contributed by atoms with van der Waals surface area (Å²) < 4.78 is 0. The van der Waals surface area contributed by atoms with Crippen molar-refractivity contribution < 1.29 is 0 Å². The Morgan fingerprint density at radius 1 is 0.375 bits per heavy atom. The largest absolute Gasteiger partial charge is 0.355 e. The van der Waals surface area contributed by atoms with Crippen molar-refractivity contribution in [2.75, 3.05) is 10.2 Å². The lowest BCUT2D eigenvalue weighted by atomic mass is 10.0. The third-order valence-electron chi connectivity index (χ3n) is 7.42. The minimum atomic E-state index is 1.07. The van der Waals surface area contributed by atoms with Crippen LogP contribution in [0.25, 0.3) is 32.7 Å². The van der Waals surface area contributed by atoms with Crippen LogP contribution in [0.15, 0.2) is 164 Å². The van der Waals surface area contributed by atoms with Gasteiger partial charge < -0.3 is 10.2 Å². The number of anilines is 5. The van der Waals surface area contributed by atoms with Crippen LogP contribution in [-0.4, -0.2) is 0 Å². The molecule has 0 spiro atoms. The lowest BCUT2D eigenvalue weighted by Gasteiger charge is -2.26. The molecule has 0 aliphatic rings. The summed E-state index contributed by atoms with van der Waals surface area (Å²) in [6.07, 6.45) is 0. The van der Waals surface area contributed by atoms with Crippen LogP contribution in [-0.2, 0) is 0 Å². The van der Waals surface area contributed by atoms with Gasteiger partial charge in [-0.05, 0) is 81.9 Å². The molecule has 0 fully saturated rings. The second-order valence-electron chi connectivity index (χ2n) is 9.98. The zero-order valence-electron chi connectivity index (χ0n) is 22.0. The van der Waals surface area contributed by atoms with Gasteiger partial charge in [-0.1, -0.05) is 109 Å². The molecule has 7 rings (SSSR count). The fourth-order valence-electron chi connectivity index (χ4n) is 5.38. The minimum absolute atomic E-state index is 1.07. The van der Waals surface area contributed by atoms with E-state index in [0.29, 0.717) is 0 Å². The van der Waals surface area contributed by atoms with Crippen molar-refractivity contribution in [3.63, 3.8) is 0 Å². The Bertz CT molecular complexity index is 1900. The zero-order valence-corrected chi connectivity index (χ0v) is 22.0. The van der Waals surface area contributed by atoms with Gasteiger partial charge in [-0.2, -0.15) is 0 Å². The predicted molar refractivity (Wildman–Crippen MR) is 171 cm³/mol. The lowest BCUT2D eigenvalue weighted by molar-refractivity contribution is 1.29. The first-order valence-electron chi connectivity index (χ1n) is 13.6. The molecule has 1 N–H and O–H groups in total. The van der Waals surface area contributed by atoms with Gasteiger partial charge in [0, 0.05) is 33.8 Å². The van der Waals surface area contributed by atoms with Gasteiger partial charge in [-0.25, -0.2) is 0 Å². The Labute approximate surface area is 234 Å². The zero-order chi connectivity index (χ0) is 26.7. The Kier molecular flexibility index (Phi) is 6.20. The van der Waals surface area contributed by atoms with E-state index >= 15 is 0 Å². The Balaban J connectivity index is 1.17. The number of hydrogen-bond acceptors (Lipinski definition) is 2. The third kappa shape index (κ3) is 4.68. The quantitative estimate of drug-likeness (QED) is 0.238. The summed E-state index contributed by atoms with van der Waals surface area (Å²) in [6, 6.07) is 58.0. The molecular weight excluding hydrogens is 484 g/mol. The van der Waals surface area contributed by atoms with E-state index in [-0.39, 0.29) is 0 Å². The second kappa shape index (κ2) is 10.4. The molecule has 0 amide bonds. The molecule has 190 valence electrons. The SMILES string of the molecule is c1ccc(N(c2ccc(-c3ccc(Nc4cccc5ccccc45)cc3)cc2)c2ccc3ccccc3c2)cc1. The fraction of sp³-hybridized carbons (Fsp3) is 0. The number of nitrogens with one attached hydrogen (secondary N) is 1. The Hall–Kier alpha value is -5.34. The van der Waals surface area contributed by atoms with Crippen LogP contribution in [0.5, 0.6) is 0 Å². The highest BCUT2D eigenvalue weighted by atomic mass is 15.1. The molecule has 40 heavy (non-hydrogen) atoms. The van der Waals surface area contributed by atoms with Gasteiger partial charge in [0.15, 0.2) is 0 Å². The summed E-state index contributed by atoms with van der Waals surface area (Å²) in [6.45, 7) is 0. The summed E-state index contributed by atoms with van der Waals surface area (Å²) in [5.74, 6) is 0. The van der Waals surface area contributed by atoms with Gasteiger partial charge in [0.1, 0.15) is 0 Å². The molecule has 0 aromatic heterocycles. The van der Waals surface area contributed by atoms with Crippen molar-refractivity contribution in [2.45, 2.75) is 0 Å². The van der Waals surface area contributed by atoms with E-state index in [4.69, 9.17) is 0 Å². The maximum absolute atomic E-state index is 3.59. The van der Waals surface area contributed by atoms with Crippen molar-refractivity contribution in [3.05, 3.63) is 164 Å². The van der Waals surface area contributed by atoms with Gasteiger partial charge >= 0.3 is 0 Å². The molecule has 0 radical (unpaired) electrons. The van der Waals surface area contributed by atoms with Crippen molar-refractivity contribution in [2.24, 2.45) is 0 Å². The molecule has 7 aromatic rings. The van der Waals surface area contributed by atoms with Crippen LogP contribution >= 0.6 is 0 Å². The molecule has 0 aliphatic heterocycles. The van der Waals surface area contributed by atoms with Gasteiger partial charge in [0.05, 0.1) is 0 Å². The van der Waals surface area contributed by atoms with Crippen LogP contribution in [0.4, 0.5) is 28.4 Å². The number of benzene rings is 7. The van der Waals surface area contributed by atoms with E-state index in [2.05, 4.69) is 174 Å². The number of nitrogens with zero attached hydrogens (tertiary/aromatic N) is 1. The molecule has 7 aromatic carbocycles. The first-order chi connectivity index (χ1) is 19.8. The van der Waals surface area contributed by atoms with E-state index in [1.165, 1.54) is 32.7 Å². The number of para-hydroxylation sites is 1. The van der Waals surface area contributed by atoms with Gasteiger partial charge in [0.2, 0.25) is 0 Å². The Morgan fingerprint density at radius 2 is 0.950 bits per heavy atom. The monoisotopic (exact) mass is 512 g/mol. The highest BCUT2D eigenvalue weighted by molar-refractivity contribution is 5.95. The summed E-state index contributed by atoms with van der Waals surface area (Å²) in [7, 11) is 0. The summed E-state index contributed by atoms with van der Waals surface area (Å²) >= 11 is 0. The minimum Gasteiger partial charge on any atom is -0.355 e. The highest BCUT2D eigenvalue weighted by Gasteiger charge is 2.13. The van der Waals surface area contributed by atoms with Crippen molar-refractivity contribution in [3.8, 4) is 11.1 Å². The average molecular weight is 513 g/mol. The molecule has 0 aliphatic carbocycles. The molecule has 0 unspecified atom stereocenters. The van der Waals surface area contributed by atoms with Crippen LogP contribution in [0.2, 0.25) is 0 Å². The normalized spacial score (nSPS) is 11.0. The van der Waals surface area contributed by atoms with Crippen LogP contribution < -0.4 is 10.2 Å². The smallest absolute Gasteiger partial charge is 0.0468 e. The first-order valence-corrected chi connectivity index (χ1v) is 13.6. The predicted octanol–water partition coefficient (Wildman–Crippen LogP) is 10.9. The van der Waals surface area contributed by atoms with E-state index in [9.17, 15) is 0 Å². The van der Waals surface area contributed by atoms with Crippen molar-refractivity contribution in [1.29, 1.82) is 0 Å². The van der Waals surface area contributed by atoms with Crippen LogP contribution in [0.3, 0.4) is 0 Å². The third-order valence-corrected chi connectivity index (χ3v) is 7.42. The van der Waals surface area contributed by atoms with E-state index in [1.807, 2.05) is 0 Å². The maximum Gasteiger partial charge on any atom is 0.0468 e. The standard InChI is InChI=1S/C38H28N2/c1-2-13-34(14-3-1)40(36-26-21-28-9-4-5-11-32(28)27-36)35-24-19-30(20-25-35)29-17-22-33(23-18-29)39-38-16-8-12-31-10-6-7-15-37(31)38/h1-27,39H. The van der Waals surface area contributed by atoms with E-state index < -0.39 is 0 Å². The topological polar surface area (TPSA) is 15.3 Å². The number of fused-ring (bicyclic) bond motifs is 2. The molecule has 0 atom stereocenters. The molecule has 0 bridgehead atoms. The second-order valence-corrected chi connectivity index (χ2v) is 9.98.